The number of nitrogens with one attached hydrogen (secondary N) is 1. The average Bonchev–Trinajstić information content (AvgIpc) is 2.72. The highest BCUT2D eigenvalue weighted by Gasteiger charge is 1.98. The molecule has 0 atom stereocenters. The van der Waals surface area contributed by atoms with E-state index in [1.54, 1.807) is 0 Å². The molecule has 0 aliphatic carbocycles. The van der Waals surface area contributed by atoms with E-state index in [0.717, 1.165) is 35.6 Å². The van der Waals surface area contributed by atoms with E-state index >= 15 is 0 Å². The lowest BCUT2D eigenvalue weighted by molar-refractivity contribution is 0.466. The molecule has 84 valence electrons. The molecule has 2 rings (SSSR count). The Balaban J connectivity index is 1.69. The van der Waals surface area contributed by atoms with Crippen LogP contribution in [0.25, 0.3) is 0 Å². The zero-order valence-corrected chi connectivity index (χ0v) is 10.4. The number of hydrogen-bond donors (Lipinski definition) is 1. The number of pyridine rings is 1. The Morgan fingerprint density at radius 3 is 2.88 bits per heavy atom. The van der Waals surface area contributed by atoms with Crippen molar-refractivity contribution in [1.82, 2.24) is 10.3 Å². The highest BCUT2D eigenvalue weighted by atomic mass is 79.9. The van der Waals surface area contributed by atoms with Gasteiger partial charge in [-0.3, -0.25) is 4.98 Å². The predicted molar refractivity (Wildman–Crippen MR) is 66.1 cm³/mol. The van der Waals surface area contributed by atoms with Gasteiger partial charge in [0.25, 0.3) is 0 Å². The maximum absolute atomic E-state index is 5.37. The highest BCUT2D eigenvalue weighted by Crippen LogP contribution is 2.13. The molecule has 0 aromatic carbocycles. The van der Waals surface area contributed by atoms with Crippen LogP contribution in [-0.2, 0) is 13.0 Å². The summed E-state index contributed by atoms with van der Waals surface area (Å²) in [6.45, 7) is 1.65. The normalized spacial score (nSPS) is 10.6. The van der Waals surface area contributed by atoms with Gasteiger partial charge in [-0.1, -0.05) is 6.07 Å². The van der Waals surface area contributed by atoms with E-state index in [1.165, 1.54) is 0 Å². The molecule has 0 saturated carbocycles. The van der Waals surface area contributed by atoms with Crippen molar-refractivity contribution in [2.24, 2.45) is 0 Å². The zero-order valence-electron chi connectivity index (χ0n) is 8.82. The van der Waals surface area contributed by atoms with Gasteiger partial charge in [-0.15, -0.1) is 0 Å². The van der Waals surface area contributed by atoms with Crippen molar-refractivity contribution in [3.05, 3.63) is 52.7 Å². The summed E-state index contributed by atoms with van der Waals surface area (Å²) in [7, 11) is 0. The van der Waals surface area contributed by atoms with Gasteiger partial charge < -0.3 is 9.73 Å². The molecule has 0 aliphatic heterocycles. The fourth-order valence-electron chi connectivity index (χ4n) is 1.42. The van der Waals surface area contributed by atoms with Gasteiger partial charge in [0.15, 0.2) is 4.67 Å². The average molecular weight is 281 g/mol. The van der Waals surface area contributed by atoms with Gasteiger partial charge in [-0.05, 0) is 40.2 Å². The van der Waals surface area contributed by atoms with Crippen LogP contribution in [0, 0.1) is 0 Å². The van der Waals surface area contributed by atoms with E-state index in [0.29, 0.717) is 0 Å². The van der Waals surface area contributed by atoms with Crippen molar-refractivity contribution >= 4 is 15.9 Å². The molecule has 4 heteroatoms. The van der Waals surface area contributed by atoms with Crippen molar-refractivity contribution in [1.29, 1.82) is 0 Å². The molecular weight excluding hydrogens is 268 g/mol. The third kappa shape index (κ3) is 3.47. The molecule has 0 amide bonds. The van der Waals surface area contributed by atoms with E-state index < -0.39 is 0 Å². The fraction of sp³-hybridized carbons (Fsp3) is 0.250. The maximum atomic E-state index is 5.37. The molecule has 2 aromatic rings. The standard InChI is InChI=1S/C12H13BrN2O/c13-12-5-4-11(16-12)9-14-8-6-10-3-1-2-7-15-10/h1-5,7,14H,6,8-9H2. The summed E-state index contributed by atoms with van der Waals surface area (Å²) < 4.78 is 6.15. The highest BCUT2D eigenvalue weighted by molar-refractivity contribution is 9.10. The van der Waals surface area contributed by atoms with Crippen LogP contribution in [0.5, 0.6) is 0 Å². The fourth-order valence-corrected chi connectivity index (χ4v) is 1.76. The maximum Gasteiger partial charge on any atom is 0.169 e. The molecule has 0 bridgehead atoms. The van der Waals surface area contributed by atoms with Gasteiger partial charge in [-0.25, -0.2) is 0 Å². The Morgan fingerprint density at radius 2 is 2.19 bits per heavy atom. The summed E-state index contributed by atoms with van der Waals surface area (Å²) in [4.78, 5) is 4.26. The van der Waals surface area contributed by atoms with Crippen LogP contribution in [-0.4, -0.2) is 11.5 Å². The van der Waals surface area contributed by atoms with Gasteiger partial charge in [0.05, 0.1) is 6.54 Å². The first-order valence-electron chi connectivity index (χ1n) is 5.19. The molecule has 0 fully saturated rings. The summed E-state index contributed by atoms with van der Waals surface area (Å²) in [5, 5.41) is 3.31. The molecular formula is C12H13BrN2O. The zero-order chi connectivity index (χ0) is 11.2. The molecule has 1 N–H and O–H groups in total. The Kier molecular flexibility index (Phi) is 4.13. The number of nitrogens with zero attached hydrogens (tertiary/aromatic N) is 1. The summed E-state index contributed by atoms with van der Waals surface area (Å²) in [6, 6.07) is 9.82. The van der Waals surface area contributed by atoms with Gasteiger partial charge in [0, 0.05) is 24.9 Å². The van der Waals surface area contributed by atoms with Crippen LogP contribution in [0.2, 0.25) is 0 Å². The van der Waals surface area contributed by atoms with Gasteiger partial charge in [-0.2, -0.15) is 0 Å². The first-order chi connectivity index (χ1) is 7.84. The van der Waals surface area contributed by atoms with Gasteiger partial charge in [0.2, 0.25) is 0 Å². The molecule has 0 saturated heterocycles. The quantitative estimate of drug-likeness (QED) is 0.856. The minimum Gasteiger partial charge on any atom is -0.453 e. The molecule has 3 nitrogen and oxygen atoms in total. The summed E-state index contributed by atoms with van der Waals surface area (Å²) >= 11 is 3.27. The third-order valence-corrected chi connectivity index (χ3v) is 2.64. The van der Waals surface area contributed by atoms with Gasteiger partial charge in [0.1, 0.15) is 5.76 Å². The number of aromatic nitrogens is 1. The largest absolute Gasteiger partial charge is 0.453 e. The molecule has 0 unspecified atom stereocenters. The first-order valence-corrected chi connectivity index (χ1v) is 5.99. The molecule has 0 aliphatic rings. The van der Waals surface area contributed by atoms with Crippen molar-refractivity contribution < 1.29 is 4.42 Å². The lowest BCUT2D eigenvalue weighted by Crippen LogP contribution is -2.16. The Bertz CT molecular complexity index is 428. The van der Waals surface area contributed by atoms with Crippen molar-refractivity contribution in [2.75, 3.05) is 6.54 Å². The summed E-state index contributed by atoms with van der Waals surface area (Å²) in [5.74, 6) is 0.938. The monoisotopic (exact) mass is 280 g/mol. The number of rotatable bonds is 5. The molecule has 0 spiro atoms. The minimum atomic E-state index is 0.748. The smallest absolute Gasteiger partial charge is 0.169 e. The van der Waals surface area contributed by atoms with E-state index in [4.69, 9.17) is 4.42 Å². The topological polar surface area (TPSA) is 38.1 Å². The van der Waals surface area contributed by atoms with Crippen LogP contribution in [0.4, 0.5) is 0 Å². The lowest BCUT2D eigenvalue weighted by Gasteiger charge is -2.02. The second kappa shape index (κ2) is 5.82. The number of hydrogen-bond acceptors (Lipinski definition) is 3. The second-order valence-corrected chi connectivity index (χ2v) is 4.24. The Labute approximate surface area is 103 Å². The van der Waals surface area contributed by atoms with E-state index in [1.807, 2.05) is 36.5 Å². The van der Waals surface area contributed by atoms with Crippen molar-refractivity contribution in [2.45, 2.75) is 13.0 Å². The Morgan fingerprint density at radius 1 is 1.25 bits per heavy atom. The molecule has 2 heterocycles. The van der Waals surface area contributed by atoms with Crippen LogP contribution in [0.15, 0.2) is 45.6 Å². The van der Waals surface area contributed by atoms with Gasteiger partial charge >= 0.3 is 0 Å². The first kappa shape index (κ1) is 11.4. The minimum absolute atomic E-state index is 0.748. The SMILES string of the molecule is Brc1ccc(CNCCc2ccccn2)o1. The molecule has 16 heavy (non-hydrogen) atoms. The van der Waals surface area contributed by atoms with Crippen LogP contribution >= 0.6 is 15.9 Å². The summed E-state index contributed by atoms with van der Waals surface area (Å²) in [5.41, 5.74) is 1.11. The van der Waals surface area contributed by atoms with Crippen LogP contribution in [0.3, 0.4) is 0 Å². The molecule has 2 aromatic heterocycles. The van der Waals surface area contributed by atoms with Crippen molar-refractivity contribution in [3.8, 4) is 0 Å². The third-order valence-electron chi connectivity index (χ3n) is 2.21. The summed E-state index contributed by atoms with van der Waals surface area (Å²) in [6.07, 6.45) is 2.75. The van der Waals surface area contributed by atoms with E-state index in [2.05, 4.69) is 26.2 Å². The van der Waals surface area contributed by atoms with E-state index in [-0.39, 0.29) is 0 Å². The lowest BCUT2D eigenvalue weighted by atomic mass is 10.3. The van der Waals surface area contributed by atoms with Crippen molar-refractivity contribution in [3.63, 3.8) is 0 Å². The predicted octanol–water partition coefficient (Wildman–Crippen LogP) is 2.77. The van der Waals surface area contributed by atoms with E-state index in [9.17, 15) is 0 Å². The van der Waals surface area contributed by atoms with Crippen LogP contribution in [0.1, 0.15) is 11.5 Å². The number of furan rings is 1. The van der Waals surface area contributed by atoms with Crippen LogP contribution < -0.4 is 5.32 Å². The second-order valence-electron chi connectivity index (χ2n) is 3.45. The Hall–Kier alpha value is -1.13. The number of halogens is 1. The molecule has 0 radical (unpaired) electrons.